The van der Waals surface area contributed by atoms with Gasteiger partial charge in [-0.2, -0.15) is 13.2 Å². The summed E-state index contributed by atoms with van der Waals surface area (Å²) in [5, 5.41) is 0.637. The van der Waals surface area contributed by atoms with E-state index in [9.17, 15) is 35.9 Å². The molecule has 0 aliphatic heterocycles. The smallest absolute Gasteiger partial charge is 0.416 e. The number of amides is 3. The SMILES string of the molecule is CN(C(=O)NC(=O)c1c(F)cccc1F)c1ccc(Oc2ccc(C(F)(F)F)cc2Cl)c(Cl)c1F. The van der Waals surface area contributed by atoms with Crippen molar-refractivity contribution in [2.45, 2.75) is 6.18 Å². The van der Waals surface area contributed by atoms with E-state index in [4.69, 9.17) is 27.9 Å². The van der Waals surface area contributed by atoms with Crippen molar-refractivity contribution in [2.75, 3.05) is 11.9 Å². The Hall–Kier alpha value is -3.44. The Balaban J connectivity index is 1.80. The molecule has 0 saturated heterocycles. The van der Waals surface area contributed by atoms with Crippen molar-refractivity contribution in [1.82, 2.24) is 5.32 Å². The van der Waals surface area contributed by atoms with E-state index < -0.39 is 62.4 Å². The van der Waals surface area contributed by atoms with Crippen LogP contribution in [0, 0.1) is 17.5 Å². The molecule has 0 bridgehead atoms. The summed E-state index contributed by atoms with van der Waals surface area (Å²) in [4.78, 5) is 25.0. The van der Waals surface area contributed by atoms with Crippen molar-refractivity contribution in [3.05, 3.63) is 87.2 Å². The van der Waals surface area contributed by atoms with Gasteiger partial charge in [0.25, 0.3) is 5.91 Å². The van der Waals surface area contributed by atoms with Crippen molar-refractivity contribution < 1.29 is 40.7 Å². The first-order valence-corrected chi connectivity index (χ1v) is 10.1. The number of halogens is 8. The third-order valence-electron chi connectivity index (χ3n) is 4.58. The normalized spacial score (nSPS) is 11.2. The molecule has 3 aromatic carbocycles. The summed E-state index contributed by atoms with van der Waals surface area (Å²) in [6.07, 6.45) is -4.64. The van der Waals surface area contributed by atoms with Gasteiger partial charge < -0.3 is 4.74 Å². The number of anilines is 1. The minimum Gasteiger partial charge on any atom is -0.454 e. The number of benzene rings is 3. The van der Waals surface area contributed by atoms with Crippen LogP contribution in [0.25, 0.3) is 0 Å². The number of nitrogens with one attached hydrogen (secondary N) is 1. The third kappa shape index (κ3) is 5.63. The number of ether oxygens (including phenoxy) is 1. The molecule has 0 fully saturated rings. The molecule has 184 valence electrons. The average molecular weight is 537 g/mol. The van der Waals surface area contributed by atoms with Crippen LogP contribution in [-0.2, 0) is 6.18 Å². The molecule has 35 heavy (non-hydrogen) atoms. The number of hydrogen-bond acceptors (Lipinski definition) is 3. The zero-order valence-corrected chi connectivity index (χ0v) is 18.8. The van der Waals surface area contributed by atoms with Crippen LogP contribution in [0.3, 0.4) is 0 Å². The number of alkyl halides is 3. The number of rotatable bonds is 4. The maximum absolute atomic E-state index is 14.9. The Morgan fingerprint density at radius 2 is 1.54 bits per heavy atom. The Kier molecular flexibility index (Phi) is 7.51. The van der Waals surface area contributed by atoms with Gasteiger partial charge in [-0.05, 0) is 42.5 Å². The predicted octanol–water partition coefficient (Wildman–Crippen LogP) is 7.21. The van der Waals surface area contributed by atoms with E-state index in [1.54, 1.807) is 5.32 Å². The Labute approximate surface area is 203 Å². The molecule has 0 aliphatic carbocycles. The van der Waals surface area contributed by atoms with E-state index >= 15 is 0 Å². The lowest BCUT2D eigenvalue weighted by Gasteiger charge is -2.20. The van der Waals surface area contributed by atoms with E-state index in [2.05, 4.69) is 0 Å². The first-order valence-electron chi connectivity index (χ1n) is 9.37. The molecule has 0 aliphatic rings. The maximum Gasteiger partial charge on any atom is 0.416 e. The predicted molar refractivity (Wildman–Crippen MR) is 116 cm³/mol. The Morgan fingerprint density at radius 1 is 0.943 bits per heavy atom. The third-order valence-corrected chi connectivity index (χ3v) is 5.23. The van der Waals surface area contributed by atoms with E-state index in [0.29, 0.717) is 17.0 Å². The molecular formula is C22H12Cl2F6N2O3. The molecule has 0 aromatic heterocycles. The molecule has 13 heteroatoms. The molecule has 0 atom stereocenters. The van der Waals surface area contributed by atoms with E-state index in [1.807, 2.05) is 0 Å². The number of urea groups is 1. The highest BCUT2D eigenvalue weighted by Gasteiger charge is 2.31. The van der Waals surface area contributed by atoms with Gasteiger partial charge in [0.15, 0.2) is 5.82 Å². The van der Waals surface area contributed by atoms with Crippen LogP contribution >= 0.6 is 23.2 Å². The number of carbonyl (C=O) groups is 2. The second-order valence-corrected chi connectivity index (χ2v) is 7.66. The summed E-state index contributed by atoms with van der Waals surface area (Å²) in [6.45, 7) is 0. The van der Waals surface area contributed by atoms with E-state index in [1.165, 1.54) is 0 Å². The first kappa shape index (κ1) is 26.2. The van der Waals surface area contributed by atoms with Crippen LogP contribution in [-0.4, -0.2) is 19.0 Å². The zero-order chi connectivity index (χ0) is 26.1. The van der Waals surface area contributed by atoms with Gasteiger partial charge in [-0.15, -0.1) is 0 Å². The lowest BCUT2D eigenvalue weighted by atomic mass is 10.2. The second kappa shape index (κ2) is 10.0. The summed E-state index contributed by atoms with van der Waals surface area (Å²) >= 11 is 11.8. The average Bonchev–Trinajstić information content (AvgIpc) is 2.77. The van der Waals surface area contributed by atoms with Crippen LogP contribution in [0.5, 0.6) is 11.5 Å². The Morgan fingerprint density at radius 3 is 2.11 bits per heavy atom. The highest BCUT2D eigenvalue weighted by Crippen LogP contribution is 2.40. The fourth-order valence-electron chi connectivity index (χ4n) is 2.81. The topological polar surface area (TPSA) is 58.6 Å². The minimum absolute atomic E-state index is 0.252. The minimum atomic E-state index is -4.64. The standard InChI is InChI=1S/C22H12Cl2F6N2O3/c1-32(21(34)31-20(33)17-12(25)3-2-4-13(17)26)14-6-8-16(18(24)19(14)27)35-15-7-5-10(9-11(15)23)22(28,29)30/h2-9H,1H3,(H,31,33,34). The molecule has 0 heterocycles. The van der Waals surface area contributed by atoms with Crippen LogP contribution in [0.1, 0.15) is 15.9 Å². The highest BCUT2D eigenvalue weighted by atomic mass is 35.5. The van der Waals surface area contributed by atoms with Crippen molar-refractivity contribution in [3.63, 3.8) is 0 Å². The maximum atomic E-state index is 14.9. The number of carbonyl (C=O) groups excluding carboxylic acids is 2. The highest BCUT2D eigenvalue weighted by molar-refractivity contribution is 6.33. The van der Waals surface area contributed by atoms with Crippen LogP contribution in [0.15, 0.2) is 48.5 Å². The molecule has 0 saturated carbocycles. The lowest BCUT2D eigenvalue weighted by molar-refractivity contribution is -0.137. The van der Waals surface area contributed by atoms with Crippen molar-refractivity contribution in [1.29, 1.82) is 0 Å². The van der Waals surface area contributed by atoms with Crippen molar-refractivity contribution in [3.8, 4) is 11.5 Å². The van der Waals surface area contributed by atoms with Gasteiger partial charge in [-0.1, -0.05) is 29.3 Å². The zero-order valence-electron chi connectivity index (χ0n) is 17.3. The fourth-order valence-corrected chi connectivity index (χ4v) is 3.22. The van der Waals surface area contributed by atoms with E-state index in [-0.39, 0.29) is 11.5 Å². The summed E-state index contributed by atoms with van der Waals surface area (Å²) in [5.74, 6) is -5.62. The molecule has 3 rings (SSSR count). The van der Waals surface area contributed by atoms with Crippen LogP contribution < -0.4 is 15.0 Å². The molecule has 3 amide bonds. The van der Waals surface area contributed by atoms with Gasteiger partial charge in [0.05, 0.1) is 16.3 Å². The van der Waals surface area contributed by atoms with Gasteiger partial charge in [-0.3, -0.25) is 15.0 Å². The molecule has 0 unspecified atom stereocenters. The summed E-state index contributed by atoms with van der Waals surface area (Å²) < 4.78 is 86.0. The monoisotopic (exact) mass is 536 g/mol. The molecule has 3 aromatic rings. The first-order chi connectivity index (χ1) is 16.3. The molecule has 1 N–H and O–H groups in total. The molecule has 0 spiro atoms. The van der Waals surface area contributed by atoms with Gasteiger partial charge in [-0.25, -0.2) is 18.0 Å². The van der Waals surface area contributed by atoms with E-state index in [0.717, 1.165) is 43.4 Å². The molecule has 0 radical (unpaired) electrons. The summed E-state index contributed by atoms with van der Waals surface area (Å²) in [5.41, 5.74) is -2.50. The van der Waals surface area contributed by atoms with Crippen LogP contribution in [0.2, 0.25) is 10.0 Å². The quantitative estimate of drug-likeness (QED) is 0.358. The van der Waals surface area contributed by atoms with Gasteiger partial charge in [0.1, 0.15) is 33.7 Å². The lowest BCUT2D eigenvalue weighted by Crippen LogP contribution is -2.41. The number of imide groups is 1. The van der Waals surface area contributed by atoms with Gasteiger partial charge in [0.2, 0.25) is 0 Å². The van der Waals surface area contributed by atoms with Gasteiger partial charge >= 0.3 is 12.2 Å². The fraction of sp³-hybridized carbons (Fsp3) is 0.0909. The van der Waals surface area contributed by atoms with Crippen LogP contribution in [0.4, 0.5) is 36.8 Å². The van der Waals surface area contributed by atoms with Crippen molar-refractivity contribution in [2.24, 2.45) is 0 Å². The van der Waals surface area contributed by atoms with Crippen molar-refractivity contribution >= 4 is 40.8 Å². The Bertz CT molecular complexity index is 1300. The summed E-state index contributed by atoms with van der Waals surface area (Å²) in [7, 11) is 1.04. The van der Waals surface area contributed by atoms with Gasteiger partial charge in [0, 0.05) is 7.05 Å². The number of hydrogen-bond donors (Lipinski definition) is 1. The largest absolute Gasteiger partial charge is 0.454 e. The number of nitrogens with zero attached hydrogens (tertiary/aromatic N) is 1. The summed E-state index contributed by atoms with van der Waals surface area (Å²) in [6, 6.07) is 5.75. The second-order valence-electron chi connectivity index (χ2n) is 6.87. The molecule has 5 nitrogen and oxygen atoms in total. The molecular weight excluding hydrogens is 525 g/mol.